The van der Waals surface area contributed by atoms with Crippen LogP contribution in [0.3, 0.4) is 0 Å². The number of amides is 3. The van der Waals surface area contributed by atoms with E-state index in [2.05, 4.69) is 64.2 Å². The molecule has 0 saturated carbocycles. The van der Waals surface area contributed by atoms with Crippen LogP contribution in [-0.4, -0.2) is 36.5 Å². The number of nitrogens with one attached hydrogen (secondary N) is 1. The quantitative estimate of drug-likeness (QED) is 0.863. The van der Waals surface area contributed by atoms with Gasteiger partial charge in [-0.15, -0.1) is 0 Å². The summed E-state index contributed by atoms with van der Waals surface area (Å²) >= 11 is 0. The second-order valence-electron chi connectivity index (χ2n) is 7.86. The second kappa shape index (κ2) is 7.34. The molecule has 3 N–H and O–H groups in total. The fraction of sp³-hybridized carbons (Fsp3) is 0.579. The molecule has 5 heteroatoms. The molecule has 1 aromatic rings. The number of hydrogen-bond acceptors (Lipinski definition) is 2. The van der Waals surface area contributed by atoms with E-state index in [1.807, 2.05) is 5.32 Å². The highest BCUT2D eigenvalue weighted by molar-refractivity contribution is 5.96. The van der Waals surface area contributed by atoms with E-state index >= 15 is 0 Å². The fourth-order valence-electron chi connectivity index (χ4n) is 3.05. The molecule has 132 valence electrons. The average Bonchev–Trinajstić information content (AvgIpc) is 2.92. The van der Waals surface area contributed by atoms with Crippen molar-refractivity contribution in [3.05, 3.63) is 35.4 Å². The van der Waals surface area contributed by atoms with Crippen LogP contribution in [0.2, 0.25) is 0 Å². The van der Waals surface area contributed by atoms with Crippen LogP contribution in [0.25, 0.3) is 0 Å². The first-order chi connectivity index (χ1) is 11.2. The first-order valence-electron chi connectivity index (χ1n) is 8.72. The molecule has 1 aliphatic heterocycles. The van der Waals surface area contributed by atoms with Crippen LogP contribution < -0.4 is 10.6 Å². The van der Waals surface area contributed by atoms with E-state index in [0.29, 0.717) is 19.0 Å². The van der Waals surface area contributed by atoms with Gasteiger partial charge in [-0.05, 0) is 11.0 Å². The molecule has 1 fully saturated rings. The molecule has 5 nitrogen and oxygen atoms in total. The Balaban J connectivity index is 2.04. The van der Waals surface area contributed by atoms with Crippen LogP contribution >= 0.6 is 0 Å². The molecule has 0 unspecified atom stereocenters. The van der Waals surface area contributed by atoms with Crippen molar-refractivity contribution < 1.29 is 14.9 Å². The normalized spacial score (nSPS) is 16.4. The van der Waals surface area contributed by atoms with Crippen molar-refractivity contribution in [2.45, 2.75) is 46.1 Å². The summed E-state index contributed by atoms with van der Waals surface area (Å²) in [4.78, 5) is 25.1. The van der Waals surface area contributed by atoms with Crippen molar-refractivity contribution in [3.63, 3.8) is 0 Å². The highest BCUT2D eigenvalue weighted by Crippen LogP contribution is 2.25. The maximum absolute atomic E-state index is 12.2. The summed E-state index contributed by atoms with van der Waals surface area (Å²) in [5.41, 5.74) is 2.66. The van der Waals surface area contributed by atoms with Crippen LogP contribution in [0.5, 0.6) is 0 Å². The molecule has 3 amide bonds. The Kier molecular flexibility index (Phi) is 5.65. The zero-order chi connectivity index (χ0) is 17.9. The predicted octanol–water partition coefficient (Wildman–Crippen LogP) is 1.80. The first-order valence-corrected chi connectivity index (χ1v) is 8.72. The van der Waals surface area contributed by atoms with Crippen LogP contribution in [0.1, 0.15) is 51.8 Å². The van der Waals surface area contributed by atoms with E-state index in [-0.39, 0.29) is 29.9 Å². The van der Waals surface area contributed by atoms with E-state index in [1.165, 1.54) is 16.0 Å². The molecule has 0 aromatic heterocycles. The summed E-state index contributed by atoms with van der Waals surface area (Å²) in [5, 5.41) is 4.71. The Bertz CT molecular complexity index is 588. The summed E-state index contributed by atoms with van der Waals surface area (Å²) < 4.78 is 0. The Hall–Kier alpha value is -1.88. The molecule has 2 rings (SSSR count). The van der Waals surface area contributed by atoms with Gasteiger partial charge < -0.3 is 10.6 Å². The molecule has 1 heterocycles. The number of quaternary nitrogens is 1. The summed E-state index contributed by atoms with van der Waals surface area (Å²) in [6.45, 7) is 12.2. The van der Waals surface area contributed by atoms with Gasteiger partial charge in [0.2, 0.25) is 0 Å². The smallest absolute Gasteiger partial charge is 0.324 e. The van der Waals surface area contributed by atoms with Gasteiger partial charge >= 0.3 is 6.03 Å². The lowest BCUT2D eigenvalue weighted by Gasteiger charge is -2.23. The molecule has 1 aliphatic rings. The van der Waals surface area contributed by atoms with Crippen LogP contribution in [0.4, 0.5) is 4.79 Å². The zero-order valence-corrected chi connectivity index (χ0v) is 15.4. The summed E-state index contributed by atoms with van der Waals surface area (Å²) in [6.07, 6.45) is 0. The molecule has 0 radical (unpaired) electrons. The highest BCUT2D eigenvalue weighted by Gasteiger charge is 2.29. The third-order valence-electron chi connectivity index (χ3n) is 4.58. The summed E-state index contributed by atoms with van der Waals surface area (Å²) in [7, 11) is 0. The van der Waals surface area contributed by atoms with Gasteiger partial charge in [-0.2, -0.15) is 0 Å². The number of rotatable bonds is 5. The third kappa shape index (κ3) is 4.35. The van der Waals surface area contributed by atoms with Crippen molar-refractivity contribution in [3.8, 4) is 0 Å². The van der Waals surface area contributed by atoms with Crippen LogP contribution in [0, 0.1) is 5.92 Å². The van der Waals surface area contributed by atoms with E-state index in [0.717, 1.165) is 0 Å². The van der Waals surface area contributed by atoms with Crippen molar-refractivity contribution in [2.75, 3.05) is 19.6 Å². The minimum Gasteiger partial charge on any atom is -0.336 e. The zero-order valence-electron chi connectivity index (χ0n) is 15.4. The maximum Gasteiger partial charge on any atom is 0.324 e. The lowest BCUT2D eigenvalue weighted by molar-refractivity contribution is -0.692. The molecular weight excluding hydrogens is 302 g/mol. The minimum atomic E-state index is -0.274. The molecule has 0 bridgehead atoms. The Labute approximate surface area is 144 Å². The number of benzene rings is 1. The van der Waals surface area contributed by atoms with Crippen molar-refractivity contribution >= 4 is 11.9 Å². The van der Waals surface area contributed by atoms with Gasteiger partial charge in [-0.3, -0.25) is 9.69 Å². The largest absolute Gasteiger partial charge is 0.336 e. The molecule has 24 heavy (non-hydrogen) atoms. The second-order valence-corrected chi connectivity index (χ2v) is 7.86. The van der Waals surface area contributed by atoms with Gasteiger partial charge in [-0.1, -0.05) is 58.9 Å². The predicted molar refractivity (Wildman–Crippen MR) is 94.6 cm³/mol. The molecule has 1 aromatic carbocycles. The van der Waals surface area contributed by atoms with Crippen LogP contribution in [0.15, 0.2) is 24.3 Å². The number of nitrogens with two attached hydrogens (primary N) is 1. The van der Waals surface area contributed by atoms with E-state index in [1.54, 1.807) is 0 Å². The van der Waals surface area contributed by atoms with E-state index in [9.17, 15) is 9.59 Å². The van der Waals surface area contributed by atoms with E-state index in [4.69, 9.17) is 0 Å². The van der Waals surface area contributed by atoms with Gasteiger partial charge in [0.05, 0.1) is 0 Å². The van der Waals surface area contributed by atoms with Gasteiger partial charge in [0.1, 0.15) is 6.04 Å². The number of carbonyl (C=O) groups excluding carboxylic acids is 2. The number of nitrogens with zero attached hydrogens (tertiary/aromatic N) is 1. The van der Waals surface area contributed by atoms with Crippen molar-refractivity contribution in [2.24, 2.45) is 5.92 Å². The van der Waals surface area contributed by atoms with Crippen molar-refractivity contribution in [1.82, 2.24) is 10.2 Å². The molecule has 0 aliphatic carbocycles. The number of imide groups is 1. The topological polar surface area (TPSA) is 66.0 Å². The average molecular weight is 332 g/mol. The monoisotopic (exact) mass is 332 g/mol. The summed E-state index contributed by atoms with van der Waals surface area (Å²) in [6, 6.07) is 8.60. The van der Waals surface area contributed by atoms with E-state index < -0.39 is 0 Å². The van der Waals surface area contributed by atoms with Crippen LogP contribution in [-0.2, 0) is 10.2 Å². The first kappa shape index (κ1) is 18.5. The minimum absolute atomic E-state index is 0.123. The molecule has 0 spiro atoms. The van der Waals surface area contributed by atoms with Crippen molar-refractivity contribution in [1.29, 1.82) is 0 Å². The van der Waals surface area contributed by atoms with Gasteiger partial charge in [0, 0.05) is 24.6 Å². The standard InChI is InChI=1S/C19H29N3O2/c1-13(2)17(14-6-8-15(9-7-14)19(3,4)5)21-12-16(23)22-11-10-20-18(22)24/h6-9,13,17,21H,10-12H2,1-5H3,(H,20,24)/p+1/t17-/m0/s1. The summed E-state index contributed by atoms with van der Waals surface area (Å²) in [5.74, 6) is 0.271. The number of hydrogen-bond donors (Lipinski definition) is 2. The van der Waals surface area contributed by atoms with Gasteiger partial charge in [0.25, 0.3) is 5.91 Å². The molecule has 1 saturated heterocycles. The lowest BCUT2D eigenvalue weighted by atomic mass is 9.85. The SMILES string of the molecule is CC(C)[C@H]([NH2+]CC(=O)N1CCNC1=O)c1ccc(C(C)(C)C)cc1. The fourth-order valence-corrected chi connectivity index (χ4v) is 3.05. The Morgan fingerprint density at radius 1 is 1.25 bits per heavy atom. The van der Waals surface area contributed by atoms with Gasteiger partial charge in [-0.25, -0.2) is 4.79 Å². The Morgan fingerprint density at radius 2 is 1.88 bits per heavy atom. The number of carbonyl (C=O) groups is 2. The van der Waals surface area contributed by atoms with Gasteiger partial charge in [0.15, 0.2) is 6.54 Å². The molecule has 1 atom stereocenters. The highest BCUT2D eigenvalue weighted by atomic mass is 16.2. The lowest BCUT2D eigenvalue weighted by Crippen LogP contribution is -2.88. The maximum atomic E-state index is 12.2. The molecular formula is C19H30N3O2+. The Morgan fingerprint density at radius 3 is 2.33 bits per heavy atom. The number of urea groups is 1. The third-order valence-corrected chi connectivity index (χ3v) is 4.58.